The second-order valence-electron chi connectivity index (χ2n) is 5.58. The maximum absolute atomic E-state index is 12.3. The van der Waals surface area contributed by atoms with Crippen LogP contribution in [0.25, 0.3) is 5.65 Å². The minimum absolute atomic E-state index is 0.0607. The van der Waals surface area contributed by atoms with Crippen molar-refractivity contribution in [3.05, 3.63) is 65.6 Å². The molecule has 26 heavy (non-hydrogen) atoms. The summed E-state index contributed by atoms with van der Waals surface area (Å²) < 4.78 is 48.3. The van der Waals surface area contributed by atoms with Gasteiger partial charge in [0.2, 0.25) is 0 Å². The zero-order valence-corrected chi connectivity index (χ0v) is 13.8. The number of imidazole rings is 1. The standard InChI is InChI=1S/C18H15F3N2O3/c1-12-15(17(24)26-11-18(19,20)21)23-9-5-8-14(16(23)22-12)25-10-13-6-3-2-4-7-13/h2-9H,10-11H2,1H3. The summed E-state index contributed by atoms with van der Waals surface area (Å²) in [6, 6.07) is 12.8. The molecule has 2 aromatic heterocycles. The lowest BCUT2D eigenvalue weighted by atomic mass is 10.2. The predicted molar refractivity (Wildman–Crippen MR) is 87.0 cm³/mol. The number of halogens is 3. The van der Waals surface area contributed by atoms with E-state index in [1.807, 2.05) is 30.3 Å². The summed E-state index contributed by atoms with van der Waals surface area (Å²) in [5.74, 6) is -0.679. The summed E-state index contributed by atoms with van der Waals surface area (Å²) in [5, 5.41) is 0. The number of alkyl halides is 3. The molecule has 0 saturated carbocycles. The van der Waals surface area contributed by atoms with Crippen molar-refractivity contribution < 1.29 is 27.4 Å². The van der Waals surface area contributed by atoms with E-state index in [0.29, 0.717) is 18.0 Å². The molecule has 0 fully saturated rings. The second-order valence-corrected chi connectivity index (χ2v) is 5.58. The van der Waals surface area contributed by atoms with Gasteiger partial charge in [-0.1, -0.05) is 30.3 Å². The summed E-state index contributed by atoms with van der Waals surface area (Å²) >= 11 is 0. The number of pyridine rings is 1. The summed E-state index contributed by atoms with van der Waals surface area (Å²) in [6.07, 6.45) is -3.07. The highest BCUT2D eigenvalue weighted by Crippen LogP contribution is 2.24. The van der Waals surface area contributed by atoms with Crippen LogP contribution < -0.4 is 4.74 Å². The third-order valence-electron chi connectivity index (χ3n) is 3.59. The Bertz CT molecular complexity index is 921. The van der Waals surface area contributed by atoms with Crippen molar-refractivity contribution in [3.63, 3.8) is 0 Å². The lowest BCUT2D eigenvalue weighted by Gasteiger charge is -2.09. The first kappa shape index (κ1) is 17.8. The molecule has 3 aromatic rings. The fraction of sp³-hybridized carbons (Fsp3) is 0.222. The highest BCUT2D eigenvalue weighted by atomic mass is 19.4. The molecule has 0 N–H and O–H groups in total. The maximum Gasteiger partial charge on any atom is 0.422 e. The quantitative estimate of drug-likeness (QED) is 0.644. The lowest BCUT2D eigenvalue weighted by Crippen LogP contribution is -2.21. The molecule has 0 bridgehead atoms. The Hall–Kier alpha value is -3.03. The van der Waals surface area contributed by atoms with E-state index < -0.39 is 18.8 Å². The fourth-order valence-electron chi connectivity index (χ4n) is 2.47. The van der Waals surface area contributed by atoms with Crippen molar-refractivity contribution in [3.8, 4) is 5.75 Å². The molecule has 5 nitrogen and oxygen atoms in total. The van der Waals surface area contributed by atoms with Gasteiger partial charge in [-0.3, -0.25) is 4.40 Å². The first-order chi connectivity index (χ1) is 12.3. The monoisotopic (exact) mass is 364 g/mol. The van der Waals surface area contributed by atoms with Crippen molar-refractivity contribution in [2.45, 2.75) is 19.7 Å². The van der Waals surface area contributed by atoms with E-state index >= 15 is 0 Å². The highest BCUT2D eigenvalue weighted by Gasteiger charge is 2.31. The first-order valence-electron chi connectivity index (χ1n) is 7.73. The van der Waals surface area contributed by atoms with Crippen LogP contribution in [-0.2, 0) is 11.3 Å². The van der Waals surface area contributed by atoms with Gasteiger partial charge >= 0.3 is 12.1 Å². The number of aryl methyl sites for hydroxylation is 1. The number of esters is 1. The molecule has 0 atom stereocenters. The number of benzene rings is 1. The van der Waals surface area contributed by atoms with E-state index in [-0.39, 0.29) is 11.4 Å². The summed E-state index contributed by atoms with van der Waals surface area (Å²) in [4.78, 5) is 16.3. The average Bonchev–Trinajstić information content (AvgIpc) is 2.94. The van der Waals surface area contributed by atoms with Gasteiger partial charge in [-0.2, -0.15) is 13.2 Å². The molecule has 0 aliphatic carbocycles. The minimum atomic E-state index is -4.59. The van der Waals surface area contributed by atoms with Gasteiger partial charge in [0, 0.05) is 6.20 Å². The van der Waals surface area contributed by atoms with E-state index in [0.717, 1.165) is 5.56 Å². The number of carbonyl (C=O) groups excluding carboxylic acids is 1. The predicted octanol–water partition coefficient (Wildman–Crippen LogP) is 3.94. The molecule has 0 unspecified atom stereocenters. The van der Waals surface area contributed by atoms with E-state index in [1.54, 1.807) is 12.1 Å². The number of fused-ring (bicyclic) bond motifs is 1. The van der Waals surface area contributed by atoms with Gasteiger partial charge in [-0.25, -0.2) is 9.78 Å². The molecule has 8 heteroatoms. The molecule has 1 aromatic carbocycles. The average molecular weight is 364 g/mol. The smallest absolute Gasteiger partial charge is 0.422 e. The third-order valence-corrected chi connectivity index (χ3v) is 3.59. The largest absolute Gasteiger partial charge is 0.485 e. The highest BCUT2D eigenvalue weighted by molar-refractivity contribution is 5.90. The van der Waals surface area contributed by atoms with Crippen LogP contribution in [0.3, 0.4) is 0 Å². The SMILES string of the molecule is Cc1nc2c(OCc3ccccc3)cccn2c1C(=O)OCC(F)(F)F. The molecular formula is C18H15F3N2O3. The topological polar surface area (TPSA) is 52.8 Å². The van der Waals surface area contributed by atoms with E-state index in [2.05, 4.69) is 9.72 Å². The molecule has 0 aliphatic heterocycles. The first-order valence-corrected chi connectivity index (χ1v) is 7.73. The Morgan fingerprint density at radius 3 is 2.58 bits per heavy atom. The Labute approximate surface area is 147 Å². The van der Waals surface area contributed by atoms with Crippen molar-refractivity contribution in [1.29, 1.82) is 0 Å². The molecule has 0 spiro atoms. The summed E-state index contributed by atoms with van der Waals surface area (Å²) in [6.45, 7) is 0.168. The maximum atomic E-state index is 12.3. The van der Waals surface area contributed by atoms with Crippen LogP contribution in [0.5, 0.6) is 5.75 Å². The van der Waals surface area contributed by atoms with Crippen LogP contribution in [-0.4, -0.2) is 28.1 Å². The van der Waals surface area contributed by atoms with Gasteiger partial charge in [-0.05, 0) is 24.6 Å². The molecule has 136 valence electrons. The van der Waals surface area contributed by atoms with Crippen molar-refractivity contribution in [2.75, 3.05) is 6.61 Å². The lowest BCUT2D eigenvalue weighted by molar-refractivity contribution is -0.161. The number of aromatic nitrogens is 2. The number of nitrogens with zero attached hydrogens (tertiary/aromatic N) is 2. The Balaban J connectivity index is 1.86. The Kier molecular flexibility index (Phi) is 4.83. The molecule has 0 radical (unpaired) electrons. The second kappa shape index (κ2) is 7.07. The Morgan fingerprint density at radius 1 is 1.15 bits per heavy atom. The third kappa shape index (κ3) is 3.96. The zero-order chi connectivity index (χ0) is 18.7. The van der Waals surface area contributed by atoms with Gasteiger partial charge in [0.15, 0.2) is 23.7 Å². The van der Waals surface area contributed by atoms with Crippen LogP contribution in [0.15, 0.2) is 48.7 Å². The summed E-state index contributed by atoms with van der Waals surface area (Å²) in [5.41, 5.74) is 1.48. The van der Waals surface area contributed by atoms with Crippen molar-refractivity contribution in [1.82, 2.24) is 9.38 Å². The Morgan fingerprint density at radius 2 is 1.88 bits per heavy atom. The van der Waals surface area contributed by atoms with Gasteiger partial charge in [-0.15, -0.1) is 0 Å². The van der Waals surface area contributed by atoms with Gasteiger partial charge in [0.1, 0.15) is 6.61 Å². The van der Waals surface area contributed by atoms with Crippen LogP contribution >= 0.6 is 0 Å². The summed E-state index contributed by atoms with van der Waals surface area (Å²) in [7, 11) is 0. The van der Waals surface area contributed by atoms with Crippen LogP contribution in [0.1, 0.15) is 21.7 Å². The van der Waals surface area contributed by atoms with Gasteiger partial charge in [0.05, 0.1) is 5.69 Å². The van der Waals surface area contributed by atoms with Crippen molar-refractivity contribution >= 4 is 11.6 Å². The normalized spacial score (nSPS) is 11.5. The van der Waals surface area contributed by atoms with E-state index in [9.17, 15) is 18.0 Å². The molecular weight excluding hydrogens is 349 g/mol. The van der Waals surface area contributed by atoms with E-state index in [1.165, 1.54) is 17.5 Å². The van der Waals surface area contributed by atoms with Crippen molar-refractivity contribution in [2.24, 2.45) is 0 Å². The molecule has 0 amide bonds. The molecule has 0 aliphatic rings. The van der Waals surface area contributed by atoms with Gasteiger partial charge < -0.3 is 9.47 Å². The van der Waals surface area contributed by atoms with Gasteiger partial charge in [0.25, 0.3) is 0 Å². The minimum Gasteiger partial charge on any atom is -0.485 e. The number of ether oxygens (including phenoxy) is 2. The number of rotatable bonds is 5. The molecule has 2 heterocycles. The molecule has 3 rings (SSSR count). The molecule has 0 saturated heterocycles. The number of hydrogen-bond donors (Lipinski definition) is 0. The zero-order valence-electron chi connectivity index (χ0n) is 13.8. The fourth-order valence-corrected chi connectivity index (χ4v) is 2.47. The van der Waals surface area contributed by atoms with Crippen LogP contribution in [0.4, 0.5) is 13.2 Å². The number of carbonyl (C=O) groups is 1. The number of hydrogen-bond acceptors (Lipinski definition) is 4. The van der Waals surface area contributed by atoms with Crippen LogP contribution in [0.2, 0.25) is 0 Å². The van der Waals surface area contributed by atoms with Crippen LogP contribution in [0, 0.1) is 6.92 Å². The van der Waals surface area contributed by atoms with E-state index in [4.69, 9.17) is 4.74 Å².